The van der Waals surface area contributed by atoms with E-state index in [1.54, 1.807) is 0 Å². The Morgan fingerprint density at radius 1 is 0.509 bits per heavy atom. The number of halogens is 2. The van der Waals surface area contributed by atoms with Crippen LogP contribution in [0.25, 0.3) is 45.6 Å². The topological polar surface area (TPSA) is 25.8 Å². The number of rotatable bonds is 10. The van der Waals surface area contributed by atoms with Gasteiger partial charge in [0.05, 0.1) is 0 Å². The van der Waals surface area contributed by atoms with Crippen molar-refractivity contribution in [1.29, 1.82) is 0 Å². The van der Waals surface area contributed by atoms with E-state index in [-0.39, 0.29) is 24.8 Å². The fourth-order valence-corrected chi connectivity index (χ4v) is 12.8. The minimum atomic E-state index is -1.30. The van der Waals surface area contributed by atoms with Crippen LogP contribution >= 0.6 is 0 Å². The Kier molecular flexibility index (Phi) is 12.5. The van der Waals surface area contributed by atoms with Crippen LogP contribution in [0.5, 0.6) is 0 Å². The molecule has 0 spiro atoms. The standard InChI is InChI=1S/2C24H22N.2ClH.Zr/c2*1-3-5-18-9-11-19(12-10-18)22-7-4-6-20-14-21(15-23(20)22)24-13-8-17(2)16-25-24;;;/h2*4,6-16H,3,5H2,1-2H3;2*1H;/q;;;;+2/p-2. The average molecular weight is 811 g/mol. The van der Waals surface area contributed by atoms with Crippen molar-refractivity contribution in [2.75, 3.05) is 0 Å². The molecule has 2 aliphatic rings. The Bertz CT molecular complexity index is 2090. The maximum Gasteiger partial charge on any atom is -1.00 e. The second kappa shape index (κ2) is 17.1. The Balaban J connectivity index is 0.00000240. The van der Waals surface area contributed by atoms with Crippen LogP contribution in [0.15, 0.2) is 122 Å². The summed E-state index contributed by atoms with van der Waals surface area (Å²) in [5.41, 5.74) is 21.0. The number of hydrogen-bond donors (Lipinski definition) is 0. The van der Waals surface area contributed by atoms with Crippen molar-refractivity contribution in [3.8, 4) is 22.3 Å². The number of fused-ring (bicyclic) bond motifs is 2. The van der Waals surface area contributed by atoms with Gasteiger partial charge in [-0.15, -0.1) is 0 Å². The summed E-state index contributed by atoms with van der Waals surface area (Å²) in [5.74, 6) is 0. The summed E-state index contributed by atoms with van der Waals surface area (Å²) in [7, 11) is 0. The van der Waals surface area contributed by atoms with Crippen molar-refractivity contribution in [3.05, 3.63) is 177 Å². The van der Waals surface area contributed by atoms with E-state index in [9.17, 15) is 0 Å². The number of allylic oxidation sites excluding steroid dienone is 2. The van der Waals surface area contributed by atoms with Crippen molar-refractivity contribution < 1.29 is 48.0 Å². The average Bonchev–Trinajstić information content (AvgIpc) is 3.72. The van der Waals surface area contributed by atoms with Gasteiger partial charge in [-0.3, -0.25) is 0 Å². The van der Waals surface area contributed by atoms with Crippen molar-refractivity contribution in [2.24, 2.45) is 0 Å². The molecule has 8 rings (SSSR count). The summed E-state index contributed by atoms with van der Waals surface area (Å²) in [6, 6.07) is 41.4. The van der Waals surface area contributed by atoms with Crippen LogP contribution < -0.4 is 24.8 Å². The molecule has 2 unspecified atom stereocenters. The van der Waals surface area contributed by atoms with Crippen LogP contribution in [0, 0.1) is 13.8 Å². The predicted molar refractivity (Wildman–Crippen MR) is 211 cm³/mol. The Labute approximate surface area is 339 Å². The summed E-state index contributed by atoms with van der Waals surface area (Å²) in [5, 5.41) is 0. The largest absolute Gasteiger partial charge is 1.00 e. The normalized spacial score (nSPS) is 15.3. The van der Waals surface area contributed by atoms with Crippen molar-refractivity contribution >= 4 is 23.3 Å². The van der Waals surface area contributed by atoms with E-state index in [4.69, 9.17) is 9.97 Å². The monoisotopic (exact) mass is 808 g/mol. The molecular formula is C48H44Cl2N2Zr. The van der Waals surface area contributed by atoms with Crippen LogP contribution in [0.3, 0.4) is 0 Å². The number of aryl methyl sites for hydroxylation is 4. The summed E-state index contributed by atoms with van der Waals surface area (Å²) in [6.45, 7) is 8.74. The van der Waals surface area contributed by atoms with Gasteiger partial charge >= 0.3 is 317 Å². The third kappa shape index (κ3) is 7.86. The zero-order chi connectivity index (χ0) is 34.9. The van der Waals surface area contributed by atoms with E-state index in [2.05, 4.69) is 149 Å². The SMILES string of the molecule is CCCc1ccc(-c2cccc3c2C=C(c2ccc(C)cn2)[CH]3[Zr+2][CH]2C(c3ccc(C)cn3)=Cc3c(-c4ccc(CCC)cc4)cccc32)cc1.[Cl-].[Cl-]. The molecule has 2 aromatic heterocycles. The van der Waals surface area contributed by atoms with Crippen LogP contribution in [0.4, 0.5) is 0 Å². The summed E-state index contributed by atoms with van der Waals surface area (Å²) >= 11 is -1.30. The molecule has 0 saturated heterocycles. The van der Waals surface area contributed by atoms with Crippen molar-refractivity contribution in [2.45, 2.75) is 60.6 Å². The number of pyridine rings is 2. The molecule has 0 amide bonds. The molecular weight excluding hydrogens is 767 g/mol. The molecule has 5 heteroatoms. The maximum atomic E-state index is 5.04. The first-order chi connectivity index (χ1) is 25.0. The van der Waals surface area contributed by atoms with Crippen molar-refractivity contribution in [1.82, 2.24) is 9.97 Å². The molecule has 0 fully saturated rings. The molecule has 264 valence electrons. The van der Waals surface area contributed by atoms with Crippen molar-refractivity contribution in [3.63, 3.8) is 0 Å². The van der Waals surface area contributed by atoms with E-state index in [1.807, 2.05) is 12.4 Å². The number of benzene rings is 4. The third-order valence-electron chi connectivity index (χ3n) is 10.5. The van der Waals surface area contributed by atoms with Gasteiger partial charge in [-0.05, 0) is 0 Å². The molecule has 0 radical (unpaired) electrons. The Hall–Kier alpha value is -3.88. The second-order valence-electron chi connectivity index (χ2n) is 14.2. The Morgan fingerprint density at radius 2 is 0.925 bits per heavy atom. The van der Waals surface area contributed by atoms with Gasteiger partial charge in [-0.25, -0.2) is 0 Å². The molecule has 0 aliphatic heterocycles. The van der Waals surface area contributed by atoms with E-state index < -0.39 is 23.2 Å². The zero-order valence-corrected chi connectivity index (χ0v) is 34.8. The van der Waals surface area contributed by atoms with Crippen LogP contribution in [-0.4, -0.2) is 9.97 Å². The van der Waals surface area contributed by atoms with E-state index in [0.29, 0.717) is 7.25 Å². The second-order valence-corrected chi connectivity index (χ2v) is 17.8. The Morgan fingerprint density at radius 3 is 1.28 bits per heavy atom. The first-order valence-electron chi connectivity index (χ1n) is 18.5. The van der Waals surface area contributed by atoms with Gasteiger partial charge in [-0.2, -0.15) is 0 Å². The maximum absolute atomic E-state index is 5.04. The third-order valence-corrected chi connectivity index (χ3v) is 15.2. The minimum Gasteiger partial charge on any atom is -1.00 e. The minimum absolute atomic E-state index is 0. The zero-order valence-electron chi connectivity index (χ0n) is 30.8. The summed E-state index contributed by atoms with van der Waals surface area (Å²) < 4.78 is 0.694. The number of nitrogens with zero attached hydrogens (tertiary/aromatic N) is 2. The van der Waals surface area contributed by atoms with Gasteiger partial charge in [0.15, 0.2) is 0 Å². The van der Waals surface area contributed by atoms with E-state index >= 15 is 0 Å². The smallest absolute Gasteiger partial charge is 1.00 e. The van der Waals surface area contributed by atoms with Crippen LogP contribution in [-0.2, 0) is 36.1 Å². The predicted octanol–water partition coefficient (Wildman–Crippen LogP) is 6.31. The summed E-state index contributed by atoms with van der Waals surface area (Å²) in [6.07, 6.45) is 13.6. The van der Waals surface area contributed by atoms with Gasteiger partial charge in [0.1, 0.15) is 0 Å². The van der Waals surface area contributed by atoms with Gasteiger partial charge in [0, 0.05) is 0 Å². The molecule has 6 aromatic rings. The summed E-state index contributed by atoms with van der Waals surface area (Å²) in [4.78, 5) is 10.1. The quantitative estimate of drug-likeness (QED) is 0.162. The first kappa shape index (κ1) is 38.8. The molecule has 0 saturated carbocycles. The molecule has 2 heterocycles. The molecule has 53 heavy (non-hydrogen) atoms. The molecule has 0 N–H and O–H groups in total. The molecule has 2 atom stereocenters. The van der Waals surface area contributed by atoms with Gasteiger partial charge in [0.2, 0.25) is 0 Å². The first-order valence-corrected chi connectivity index (χ1v) is 21.3. The van der Waals surface area contributed by atoms with Gasteiger partial charge in [-0.1, -0.05) is 0 Å². The fraction of sp³-hybridized carbons (Fsp3) is 0.208. The van der Waals surface area contributed by atoms with Gasteiger partial charge < -0.3 is 24.8 Å². The number of aromatic nitrogens is 2. The van der Waals surface area contributed by atoms with E-state index in [0.717, 1.165) is 37.1 Å². The molecule has 2 nitrogen and oxygen atoms in total. The molecule has 0 bridgehead atoms. The fourth-order valence-electron chi connectivity index (χ4n) is 7.83. The van der Waals surface area contributed by atoms with Crippen LogP contribution in [0.2, 0.25) is 0 Å². The van der Waals surface area contributed by atoms with Gasteiger partial charge in [0.25, 0.3) is 0 Å². The van der Waals surface area contributed by atoms with Crippen LogP contribution in [0.1, 0.15) is 89.8 Å². The molecule has 4 aromatic carbocycles. The van der Waals surface area contributed by atoms with E-state index in [1.165, 1.54) is 77.9 Å². The molecule has 2 aliphatic carbocycles. The number of hydrogen-bond acceptors (Lipinski definition) is 2.